The molecule has 1 aromatic rings. The second kappa shape index (κ2) is 14.6. The Morgan fingerprint density at radius 2 is 1.43 bits per heavy atom. The first-order chi connectivity index (χ1) is 20.1. The number of benzene rings is 1. The normalized spacial score (nSPS) is 24.0. The van der Waals surface area contributed by atoms with Crippen molar-refractivity contribution < 1.29 is 43.6 Å². The predicted molar refractivity (Wildman–Crippen MR) is 151 cm³/mol. The zero-order chi connectivity index (χ0) is 30.2. The molecule has 42 heavy (non-hydrogen) atoms. The number of ether oxygens (including phenoxy) is 1. The number of carboxylic acids is 2. The molecule has 2 aliphatic carbocycles. The van der Waals surface area contributed by atoms with E-state index in [1.807, 2.05) is 0 Å². The quantitative estimate of drug-likeness (QED) is 0.290. The van der Waals surface area contributed by atoms with Crippen LogP contribution < -0.4 is 9.64 Å². The van der Waals surface area contributed by atoms with E-state index < -0.39 is 18.0 Å². The molecule has 5 rings (SSSR count). The Hall–Kier alpha value is -3.51. The molecule has 1 aromatic carbocycles. The zero-order valence-corrected chi connectivity index (χ0v) is 23.7. The Morgan fingerprint density at radius 1 is 0.881 bits per heavy atom. The van der Waals surface area contributed by atoms with Crippen molar-refractivity contribution >= 4 is 29.4 Å². The maximum absolute atomic E-state index is 14.0. The highest BCUT2D eigenvalue weighted by atomic mass is 19.1. The smallest absolute Gasteiger partial charge is 0.328 e. The van der Waals surface area contributed by atoms with Crippen LogP contribution in [0.2, 0.25) is 0 Å². The van der Waals surface area contributed by atoms with E-state index >= 15 is 0 Å². The van der Waals surface area contributed by atoms with Gasteiger partial charge < -0.3 is 25.0 Å². The fourth-order valence-electron chi connectivity index (χ4n) is 6.31. The molecule has 3 atom stereocenters. The van der Waals surface area contributed by atoms with Crippen LogP contribution in [0, 0.1) is 17.7 Å². The zero-order valence-electron chi connectivity index (χ0n) is 23.7. The van der Waals surface area contributed by atoms with Gasteiger partial charge in [-0.2, -0.15) is 0 Å². The molecule has 2 aliphatic heterocycles. The van der Waals surface area contributed by atoms with Gasteiger partial charge in [0.05, 0.1) is 36.3 Å². The van der Waals surface area contributed by atoms with E-state index in [0.717, 1.165) is 50.0 Å². The van der Waals surface area contributed by atoms with E-state index in [4.69, 9.17) is 14.9 Å². The van der Waals surface area contributed by atoms with Crippen LogP contribution in [-0.2, 0) is 19.2 Å². The molecule has 3 unspecified atom stereocenters. The second-order valence-electron chi connectivity index (χ2n) is 11.4. The van der Waals surface area contributed by atoms with Crippen molar-refractivity contribution in [1.82, 2.24) is 9.80 Å². The van der Waals surface area contributed by atoms with Gasteiger partial charge in [-0.25, -0.2) is 14.0 Å². The lowest BCUT2D eigenvalue weighted by atomic mass is 9.81. The molecule has 0 radical (unpaired) electrons. The largest absolute Gasteiger partial charge is 0.488 e. The lowest BCUT2D eigenvalue weighted by Crippen LogP contribution is -2.50. The summed E-state index contributed by atoms with van der Waals surface area (Å²) in [6.45, 7) is 3.31. The van der Waals surface area contributed by atoms with E-state index in [1.54, 1.807) is 12.1 Å². The Kier molecular flexibility index (Phi) is 10.9. The van der Waals surface area contributed by atoms with Crippen molar-refractivity contribution in [2.75, 3.05) is 44.2 Å². The summed E-state index contributed by atoms with van der Waals surface area (Å²) in [5.41, 5.74) is 0.794. The van der Waals surface area contributed by atoms with Crippen LogP contribution in [0.1, 0.15) is 51.4 Å². The standard InChI is InChI=1S/C26H36FN3O4.C4H4O4/c27-18-9-10-24(34-20-5-1-2-6-20)23(15-18)29-13-11-28(12-14-29)16-19(31)17-30-25(32)21-7-3-4-8-22(21)26(30)33;5-3(6)1-2-4(7)8/h9-10,15,19-22,31H,1-8,11-14,16-17H2;1-2H,(H,5,6)(H,7,8). The van der Waals surface area contributed by atoms with E-state index in [2.05, 4.69) is 9.80 Å². The van der Waals surface area contributed by atoms with Crippen LogP contribution in [0.25, 0.3) is 0 Å². The molecule has 12 heteroatoms. The average Bonchev–Trinajstić information content (AvgIpc) is 3.56. The number of β-amino-alcohol motifs (C(OH)–C–C–N with tert-alkyl or cyclic N) is 1. The predicted octanol–water partition coefficient (Wildman–Crippen LogP) is 2.52. The summed E-state index contributed by atoms with van der Waals surface area (Å²) in [6.07, 6.45) is 8.58. The van der Waals surface area contributed by atoms with Crippen LogP contribution in [0.4, 0.5) is 10.1 Å². The van der Waals surface area contributed by atoms with Crippen molar-refractivity contribution in [3.63, 3.8) is 0 Å². The third kappa shape index (κ3) is 8.28. The Balaban J connectivity index is 0.000000446. The molecule has 3 N–H and O–H groups in total. The highest BCUT2D eigenvalue weighted by Crippen LogP contribution is 2.38. The van der Waals surface area contributed by atoms with Crippen LogP contribution in [0.5, 0.6) is 5.75 Å². The number of nitrogens with zero attached hydrogens (tertiary/aromatic N) is 3. The lowest BCUT2D eigenvalue weighted by molar-refractivity contribution is -0.142. The molecule has 0 aromatic heterocycles. The van der Waals surface area contributed by atoms with E-state index in [-0.39, 0.29) is 42.1 Å². The topological polar surface area (TPSA) is 148 Å². The Morgan fingerprint density at radius 3 is 1.98 bits per heavy atom. The van der Waals surface area contributed by atoms with Crippen LogP contribution in [0.15, 0.2) is 30.4 Å². The fraction of sp³-hybridized carbons (Fsp3) is 0.600. The van der Waals surface area contributed by atoms with E-state index in [1.165, 1.54) is 23.8 Å². The third-order valence-corrected chi connectivity index (χ3v) is 8.39. The summed E-state index contributed by atoms with van der Waals surface area (Å²) in [7, 11) is 0. The van der Waals surface area contributed by atoms with Crippen LogP contribution in [-0.4, -0.2) is 100 Å². The summed E-state index contributed by atoms with van der Waals surface area (Å²) >= 11 is 0. The lowest BCUT2D eigenvalue weighted by Gasteiger charge is -2.38. The summed E-state index contributed by atoms with van der Waals surface area (Å²) < 4.78 is 20.3. The minimum atomic E-state index is -1.26. The van der Waals surface area contributed by atoms with Gasteiger partial charge in [0.1, 0.15) is 11.6 Å². The first kappa shape index (κ1) is 31.4. The number of hydrogen-bond donors (Lipinski definition) is 3. The SMILES string of the molecule is O=C(O)C=CC(=O)O.O=C1C2CCCCC2C(=O)N1CC(O)CN1CCN(c2cc(F)ccc2OC2CCCC2)CC1. The molecular formula is C30H40FN3O8. The highest BCUT2D eigenvalue weighted by molar-refractivity contribution is 6.05. The minimum absolute atomic E-state index is 0.0775. The first-order valence-electron chi connectivity index (χ1n) is 14.7. The Labute approximate surface area is 244 Å². The monoisotopic (exact) mass is 589 g/mol. The molecule has 2 amide bonds. The van der Waals surface area contributed by atoms with Gasteiger partial charge in [0.15, 0.2) is 0 Å². The Bertz CT molecular complexity index is 1120. The number of aliphatic hydroxyl groups is 1. The van der Waals surface area contributed by atoms with Crippen LogP contribution in [0.3, 0.4) is 0 Å². The van der Waals surface area contributed by atoms with Crippen molar-refractivity contribution in [3.8, 4) is 5.75 Å². The number of halogens is 1. The number of fused-ring (bicyclic) bond motifs is 1. The maximum atomic E-state index is 14.0. The van der Waals surface area contributed by atoms with Crippen molar-refractivity contribution in [2.45, 2.75) is 63.6 Å². The van der Waals surface area contributed by atoms with Crippen molar-refractivity contribution in [3.05, 3.63) is 36.2 Å². The molecule has 0 spiro atoms. The highest BCUT2D eigenvalue weighted by Gasteiger charge is 2.48. The number of anilines is 1. The molecule has 230 valence electrons. The van der Waals surface area contributed by atoms with Gasteiger partial charge in [0, 0.05) is 50.9 Å². The number of rotatable bonds is 9. The molecule has 2 heterocycles. The second-order valence-corrected chi connectivity index (χ2v) is 11.4. The summed E-state index contributed by atoms with van der Waals surface area (Å²) in [4.78, 5) is 50.1. The maximum Gasteiger partial charge on any atom is 0.328 e. The number of hydrogen-bond acceptors (Lipinski definition) is 8. The molecule has 2 saturated carbocycles. The number of likely N-dealkylation sites (tertiary alicyclic amines) is 1. The summed E-state index contributed by atoms with van der Waals surface area (Å²) in [6, 6.07) is 4.75. The van der Waals surface area contributed by atoms with Gasteiger partial charge in [-0.1, -0.05) is 12.8 Å². The number of aliphatic carboxylic acids is 2. The van der Waals surface area contributed by atoms with Gasteiger partial charge in [0.2, 0.25) is 11.8 Å². The number of amides is 2. The minimum Gasteiger partial charge on any atom is -0.488 e. The first-order valence-corrected chi connectivity index (χ1v) is 14.7. The van der Waals surface area contributed by atoms with Gasteiger partial charge in [-0.3, -0.25) is 19.4 Å². The van der Waals surface area contributed by atoms with E-state index in [0.29, 0.717) is 44.9 Å². The van der Waals surface area contributed by atoms with Gasteiger partial charge in [0.25, 0.3) is 0 Å². The van der Waals surface area contributed by atoms with Crippen molar-refractivity contribution in [2.24, 2.45) is 11.8 Å². The van der Waals surface area contributed by atoms with Gasteiger partial charge in [-0.05, 0) is 50.7 Å². The number of aliphatic hydroxyl groups excluding tert-OH is 1. The number of carboxylic acid groups (broad SMARTS) is 2. The third-order valence-electron chi connectivity index (χ3n) is 8.39. The fourth-order valence-corrected chi connectivity index (χ4v) is 6.31. The molecule has 0 bridgehead atoms. The summed E-state index contributed by atoms with van der Waals surface area (Å²) in [5.74, 6) is -2.59. The average molecular weight is 590 g/mol. The summed E-state index contributed by atoms with van der Waals surface area (Å²) in [5, 5.41) is 26.3. The number of piperazine rings is 1. The number of carbonyl (C=O) groups is 4. The van der Waals surface area contributed by atoms with Gasteiger partial charge in [-0.15, -0.1) is 0 Å². The molecule has 4 aliphatic rings. The van der Waals surface area contributed by atoms with Crippen LogP contribution >= 0.6 is 0 Å². The van der Waals surface area contributed by atoms with Crippen molar-refractivity contribution in [1.29, 1.82) is 0 Å². The molecule has 2 saturated heterocycles. The number of carbonyl (C=O) groups excluding carboxylic acids is 2. The molecular weight excluding hydrogens is 549 g/mol. The van der Waals surface area contributed by atoms with E-state index in [9.17, 15) is 28.7 Å². The molecule has 4 fully saturated rings. The van der Waals surface area contributed by atoms with Gasteiger partial charge >= 0.3 is 11.9 Å². The number of imide groups is 1. The molecule has 11 nitrogen and oxygen atoms in total.